The van der Waals surface area contributed by atoms with Crippen LogP contribution < -0.4 is 0 Å². The van der Waals surface area contributed by atoms with E-state index in [0.717, 1.165) is 0 Å². The molecule has 0 bridgehead atoms. The topological polar surface area (TPSA) is 107 Å². The number of hydrogen-bond donors (Lipinski definition) is 1. The minimum absolute atomic E-state index is 1.28. The zero-order valence-electron chi connectivity index (χ0n) is 4.29. The molecule has 0 aromatic rings. The third kappa shape index (κ3) is 5.34. The molecule has 0 aromatic heterocycles. The molecule has 7 nitrogen and oxygen atoms in total. The molecule has 0 heterocycles. The molecule has 0 aliphatic rings. The van der Waals surface area contributed by atoms with Crippen LogP contribution in [-0.2, 0) is 21.8 Å². The fourth-order valence-corrected chi connectivity index (χ4v) is 4.14. The summed E-state index contributed by atoms with van der Waals surface area (Å²) in [5, 5.41) is 0. The summed E-state index contributed by atoms with van der Waals surface area (Å²) in [7, 11) is 1.28. The summed E-state index contributed by atoms with van der Waals surface area (Å²) in [6.45, 7) is 0. The first-order valence-electron chi connectivity index (χ1n) is 1.58. The van der Waals surface area contributed by atoms with Gasteiger partial charge in [-0.3, -0.25) is 0 Å². The number of hydrogen-bond acceptors (Lipinski definition) is 6. The Labute approximate surface area is 62.5 Å². The van der Waals surface area contributed by atoms with Crippen molar-refractivity contribution < 1.29 is 26.0 Å². The summed E-state index contributed by atoms with van der Waals surface area (Å²) in [4.78, 5) is 0. The molecular formula is H3O7PSe2. The Morgan fingerprint density at radius 3 is 1.70 bits per heavy atom. The maximum absolute atomic E-state index is 10.1. The molecule has 10 heavy (non-hydrogen) atoms. The molecule has 0 saturated carbocycles. The fourth-order valence-electron chi connectivity index (χ4n) is 0.121. The van der Waals surface area contributed by atoms with Gasteiger partial charge < -0.3 is 0 Å². The van der Waals surface area contributed by atoms with Crippen molar-refractivity contribution in [1.29, 1.82) is 0 Å². The Balaban J connectivity index is 4.49. The molecule has 10 heteroatoms. The second kappa shape index (κ2) is 3.30. The molecule has 0 radical (unpaired) electrons. The molecule has 1 unspecified atom stereocenters. The van der Waals surface area contributed by atoms with Gasteiger partial charge in [-0.1, -0.05) is 0 Å². The fraction of sp³-hybridized carbons (Fsp3) is 0. The van der Waals surface area contributed by atoms with Crippen LogP contribution in [0.15, 0.2) is 0 Å². The molecule has 0 amide bonds. The molecule has 0 fully saturated rings. The predicted molar refractivity (Wildman–Crippen MR) is 28.4 cm³/mol. The maximum atomic E-state index is 10.1. The Morgan fingerprint density at radius 2 is 1.60 bits per heavy atom. The van der Waals surface area contributed by atoms with Gasteiger partial charge in [-0.2, -0.15) is 0 Å². The molecule has 1 N–H and O–H groups in total. The zero-order valence-corrected chi connectivity index (χ0v) is 8.87. The quantitative estimate of drug-likeness (QED) is 0.494. The standard InChI is InChI=1S/H3O7PSe2/c1-9(2,3)7-10(4,5)6-8/h8H2,(H,1,2,3). The van der Waals surface area contributed by atoms with Gasteiger partial charge in [0.15, 0.2) is 0 Å². The van der Waals surface area contributed by atoms with Crippen molar-refractivity contribution in [2.75, 3.05) is 0 Å². The van der Waals surface area contributed by atoms with E-state index < -0.39 is 26.7 Å². The predicted octanol–water partition coefficient (Wildman–Crippen LogP) is -1.60. The zero-order chi connectivity index (χ0) is 8.41. The monoisotopic (exact) mass is 306 g/mol. The van der Waals surface area contributed by atoms with E-state index in [1.807, 2.05) is 0 Å². The van der Waals surface area contributed by atoms with Gasteiger partial charge in [-0.25, -0.2) is 0 Å². The van der Waals surface area contributed by atoms with Crippen molar-refractivity contribution in [2.45, 2.75) is 0 Å². The van der Waals surface area contributed by atoms with Crippen LogP contribution in [-0.4, -0.2) is 30.9 Å². The van der Waals surface area contributed by atoms with Gasteiger partial charge in [0.05, 0.1) is 0 Å². The van der Waals surface area contributed by atoms with Gasteiger partial charge >= 0.3 is 62.2 Å². The van der Waals surface area contributed by atoms with Crippen molar-refractivity contribution in [3.8, 4) is 0 Å². The molecular weight excluding hydrogens is 301 g/mol. The van der Waals surface area contributed by atoms with Crippen molar-refractivity contribution >= 4 is 36.2 Å². The van der Waals surface area contributed by atoms with Crippen LogP contribution in [0.2, 0.25) is 0 Å². The van der Waals surface area contributed by atoms with E-state index in [-0.39, 0.29) is 0 Å². The van der Waals surface area contributed by atoms with E-state index in [1.54, 1.807) is 0 Å². The van der Waals surface area contributed by atoms with Gasteiger partial charge in [0.2, 0.25) is 0 Å². The average molecular weight is 304 g/mol. The average Bonchev–Trinajstić information content (AvgIpc) is 1.60. The van der Waals surface area contributed by atoms with Gasteiger partial charge in [0.25, 0.3) is 0 Å². The molecule has 0 spiro atoms. The summed E-state index contributed by atoms with van der Waals surface area (Å²) in [6, 6.07) is 0. The van der Waals surface area contributed by atoms with Crippen LogP contribution in [0.25, 0.3) is 0 Å². The molecule has 0 rings (SSSR count). The van der Waals surface area contributed by atoms with Crippen LogP contribution in [0.4, 0.5) is 0 Å². The molecule has 0 aromatic carbocycles. The van der Waals surface area contributed by atoms with E-state index in [9.17, 15) is 15.3 Å². The molecule has 62 valence electrons. The van der Waals surface area contributed by atoms with E-state index in [0.29, 0.717) is 0 Å². The minimum atomic E-state index is -5.67. The van der Waals surface area contributed by atoms with Gasteiger partial charge in [-0.15, -0.1) is 0 Å². The second-order valence-electron chi connectivity index (χ2n) is 1.00. The molecule has 0 aliphatic heterocycles. The second-order valence-corrected chi connectivity index (χ2v) is 7.68. The molecule has 0 aliphatic carbocycles. The molecule has 1 atom stereocenters. The third-order valence-electron chi connectivity index (χ3n) is 0.287. The van der Waals surface area contributed by atoms with Gasteiger partial charge in [-0.05, 0) is 0 Å². The van der Waals surface area contributed by atoms with Gasteiger partial charge in [0, 0.05) is 0 Å². The third-order valence-corrected chi connectivity index (χ3v) is 6.41. The molecule has 0 saturated heterocycles. The SMILES string of the molecule is O=[Se](=O)(O)O[Se](=O)(=O)OP. The normalized spacial score (nSPS) is 13.4. The Kier molecular flexibility index (Phi) is 3.48. The number of rotatable bonds is 3. The summed E-state index contributed by atoms with van der Waals surface area (Å²) >= 11 is -11.0. The van der Waals surface area contributed by atoms with Crippen LogP contribution in [0.1, 0.15) is 0 Å². The van der Waals surface area contributed by atoms with Crippen molar-refractivity contribution in [3.63, 3.8) is 0 Å². The Hall–Kier alpha value is 0.549. The van der Waals surface area contributed by atoms with Crippen LogP contribution in [0.3, 0.4) is 0 Å². The Morgan fingerprint density at radius 1 is 1.20 bits per heavy atom. The Bertz CT molecular complexity index is 280. The first-order chi connectivity index (χ1) is 4.27. The summed E-state index contributed by atoms with van der Waals surface area (Å²) in [5.74, 6) is 0. The summed E-state index contributed by atoms with van der Waals surface area (Å²) in [6.07, 6.45) is 0. The van der Waals surface area contributed by atoms with Crippen molar-refractivity contribution in [1.82, 2.24) is 0 Å². The summed E-state index contributed by atoms with van der Waals surface area (Å²) in [5.41, 5.74) is 0. The first-order valence-corrected chi connectivity index (χ1v) is 7.72. The van der Waals surface area contributed by atoms with E-state index in [4.69, 9.17) is 4.19 Å². The van der Waals surface area contributed by atoms with Crippen LogP contribution in [0, 0.1) is 0 Å². The van der Waals surface area contributed by atoms with Crippen molar-refractivity contribution in [3.05, 3.63) is 0 Å². The summed E-state index contributed by atoms with van der Waals surface area (Å²) < 4.78 is 54.3. The van der Waals surface area contributed by atoms with Crippen LogP contribution in [0.5, 0.6) is 0 Å². The van der Waals surface area contributed by atoms with E-state index in [1.165, 1.54) is 9.47 Å². The van der Waals surface area contributed by atoms with E-state index >= 15 is 0 Å². The van der Waals surface area contributed by atoms with E-state index in [2.05, 4.69) is 6.51 Å². The first kappa shape index (κ1) is 10.5. The van der Waals surface area contributed by atoms with Gasteiger partial charge in [0.1, 0.15) is 0 Å². The van der Waals surface area contributed by atoms with Crippen LogP contribution >= 0.6 is 9.47 Å². The van der Waals surface area contributed by atoms with Crippen molar-refractivity contribution in [2.24, 2.45) is 0 Å².